The summed E-state index contributed by atoms with van der Waals surface area (Å²) in [4.78, 5) is 38.2. The molecule has 144 valence electrons. The fraction of sp³-hybridized carbons (Fsp3) is 0.316. The molecule has 0 atom stereocenters. The largest absolute Gasteiger partial charge is 0.494 e. The van der Waals surface area contributed by atoms with Crippen LogP contribution < -0.4 is 10.1 Å². The van der Waals surface area contributed by atoms with Gasteiger partial charge < -0.3 is 19.7 Å². The van der Waals surface area contributed by atoms with E-state index in [4.69, 9.17) is 9.47 Å². The predicted octanol–water partition coefficient (Wildman–Crippen LogP) is 2.08. The lowest BCUT2D eigenvalue weighted by atomic mass is 10.2. The van der Waals surface area contributed by atoms with Gasteiger partial charge in [0, 0.05) is 17.5 Å². The summed E-state index contributed by atoms with van der Waals surface area (Å²) in [6, 6.07) is 10.4. The van der Waals surface area contributed by atoms with Crippen molar-refractivity contribution in [2.75, 3.05) is 26.8 Å². The van der Waals surface area contributed by atoms with E-state index in [1.165, 1.54) is 4.90 Å². The van der Waals surface area contributed by atoms with E-state index in [2.05, 4.69) is 5.32 Å². The average Bonchev–Trinajstić information content (AvgIpc) is 3.18. The predicted molar refractivity (Wildman–Crippen MR) is 102 cm³/mol. The van der Waals surface area contributed by atoms with Crippen molar-refractivity contribution in [2.45, 2.75) is 13.5 Å². The van der Waals surface area contributed by atoms with Crippen molar-refractivity contribution >= 4 is 29.1 Å². The number of hydrogen-bond donors (Lipinski definition) is 1. The van der Waals surface area contributed by atoms with Crippen molar-refractivity contribution in [3.8, 4) is 5.75 Å². The number of thiophene rings is 1. The van der Waals surface area contributed by atoms with Gasteiger partial charge in [-0.25, -0.2) is 0 Å². The molecule has 8 heteroatoms. The third-order valence-electron chi connectivity index (χ3n) is 3.58. The van der Waals surface area contributed by atoms with Gasteiger partial charge in [0.05, 0.1) is 13.2 Å². The third kappa shape index (κ3) is 6.74. The van der Waals surface area contributed by atoms with E-state index in [1.807, 2.05) is 24.4 Å². The number of carbonyl (C=O) groups is 3. The number of esters is 1. The Balaban J connectivity index is 1.70. The Morgan fingerprint density at radius 2 is 1.89 bits per heavy atom. The molecule has 0 aliphatic rings. The zero-order valence-corrected chi connectivity index (χ0v) is 16.1. The van der Waals surface area contributed by atoms with E-state index >= 15 is 0 Å². The molecule has 0 saturated carbocycles. The Hall–Kier alpha value is -2.87. The van der Waals surface area contributed by atoms with Crippen LogP contribution in [0.3, 0.4) is 0 Å². The van der Waals surface area contributed by atoms with E-state index in [0.29, 0.717) is 24.5 Å². The normalized spacial score (nSPS) is 10.1. The van der Waals surface area contributed by atoms with Gasteiger partial charge in [-0.1, -0.05) is 6.07 Å². The number of nitrogens with zero attached hydrogens (tertiary/aromatic N) is 1. The number of benzene rings is 1. The van der Waals surface area contributed by atoms with Crippen LogP contribution in [0, 0.1) is 0 Å². The summed E-state index contributed by atoms with van der Waals surface area (Å²) in [6.45, 7) is 2.20. The summed E-state index contributed by atoms with van der Waals surface area (Å²) in [5.74, 6) is -0.725. The summed E-state index contributed by atoms with van der Waals surface area (Å²) in [5.41, 5.74) is 0.401. The number of rotatable bonds is 9. The molecule has 0 fully saturated rings. The van der Waals surface area contributed by atoms with Gasteiger partial charge in [-0.05, 0) is 42.6 Å². The van der Waals surface area contributed by atoms with Crippen LogP contribution in [0.4, 0.5) is 0 Å². The summed E-state index contributed by atoms with van der Waals surface area (Å²) in [6.07, 6.45) is 0. The van der Waals surface area contributed by atoms with Gasteiger partial charge in [0.25, 0.3) is 11.8 Å². The molecule has 1 aromatic carbocycles. The highest BCUT2D eigenvalue weighted by Crippen LogP contribution is 2.12. The second-order valence-corrected chi connectivity index (χ2v) is 6.66. The first kappa shape index (κ1) is 20.4. The van der Waals surface area contributed by atoms with Crippen molar-refractivity contribution in [1.82, 2.24) is 10.2 Å². The van der Waals surface area contributed by atoms with Gasteiger partial charge in [0.1, 0.15) is 12.3 Å². The summed E-state index contributed by atoms with van der Waals surface area (Å²) < 4.78 is 10.2. The zero-order chi connectivity index (χ0) is 19.6. The smallest absolute Gasteiger partial charge is 0.325 e. The van der Waals surface area contributed by atoms with Crippen molar-refractivity contribution < 1.29 is 23.9 Å². The fourth-order valence-corrected chi connectivity index (χ4v) is 2.91. The first-order valence-corrected chi connectivity index (χ1v) is 9.30. The van der Waals surface area contributed by atoms with Crippen molar-refractivity contribution in [1.29, 1.82) is 0 Å². The van der Waals surface area contributed by atoms with E-state index in [1.54, 1.807) is 42.6 Å². The molecule has 0 radical (unpaired) electrons. The van der Waals surface area contributed by atoms with E-state index in [9.17, 15) is 14.4 Å². The molecule has 2 amide bonds. The zero-order valence-electron chi connectivity index (χ0n) is 15.3. The lowest BCUT2D eigenvalue weighted by Crippen LogP contribution is -2.34. The number of carbonyl (C=O) groups excluding carboxylic acids is 3. The number of amides is 2. The molecule has 0 aliphatic carbocycles. The summed E-state index contributed by atoms with van der Waals surface area (Å²) in [7, 11) is 1.64. The number of nitrogens with one attached hydrogen (secondary N) is 1. The molecular formula is C19H22N2O5S. The highest BCUT2D eigenvalue weighted by molar-refractivity contribution is 7.09. The minimum Gasteiger partial charge on any atom is -0.494 e. The SMILES string of the molecule is CCOc1ccc(C(=O)NCC(=O)OCC(=O)N(C)Cc2cccs2)cc1. The highest BCUT2D eigenvalue weighted by Gasteiger charge is 2.14. The maximum atomic E-state index is 12.0. The second-order valence-electron chi connectivity index (χ2n) is 5.63. The average molecular weight is 390 g/mol. The molecular weight excluding hydrogens is 368 g/mol. The number of likely N-dealkylation sites (N-methyl/N-ethyl adjacent to an activating group) is 1. The fourth-order valence-electron chi connectivity index (χ4n) is 2.15. The Labute approximate surface area is 161 Å². The minimum absolute atomic E-state index is 0.311. The highest BCUT2D eigenvalue weighted by atomic mass is 32.1. The number of hydrogen-bond acceptors (Lipinski definition) is 6. The Morgan fingerprint density at radius 3 is 2.52 bits per heavy atom. The monoisotopic (exact) mass is 390 g/mol. The molecule has 7 nitrogen and oxygen atoms in total. The number of ether oxygens (including phenoxy) is 2. The molecule has 0 aliphatic heterocycles. The Morgan fingerprint density at radius 1 is 1.15 bits per heavy atom. The molecule has 1 N–H and O–H groups in total. The maximum Gasteiger partial charge on any atom is 0.325 e. The van der Waals surface area contributed by atoms with Gasteiger partial charge in [0.15, 0.2) is 6.61 Å². The lowest BCUT2D eigenvalue weighted by Gasteiger charge is -2.16. The standard InChI is InChI=1S/C19H22N2O5S/c1-3-25-15-8-6-14(7-9-15)19(24)20-11-18(23)26-13-17(22)21(2)12-16-5-4-10-27-16/h4-10H,3,11-13H2,1-2H3,(H,20,24). The van der Waals surface area contributed by atoms with E-state index < -0.39 is 11.9 Å². The van der Waals surface area contributed by atoms with Crippen LogP contribution in [-0.4, -0.2) is 49.5 Å². The molecule has 0 unspecified atom stereocenters. The quantitative estimate of drug-likeness (QED) is 0.663. The van der Waals surface area contributed by atoms with Crippen LogP contribution in [0.15, 0.2) is 41.8 Å². The van der Waals surface area contributed by atoms with Crippen molar-refractivity contribution in [3.05, 3.63) is 52.2 Å². The molecule has 2 rings (SSSR count). The molecule has 0 spiro atoms. The molecule has 2 aromatic rings. The van der Waals surface area contributed by atoms with Crippen LogP contribution in [0.2, 0.25) is 0 Å². The molecule has 1 aromatic heterocycles. The van der Waals surface area contributed by atoms with Gasteiger partial charge in [-0.2, -0.15) is 0 Å². The maximum absolute atomic E-state index is 12.0. The molecule has 0 saturated heterocycles. The first-order valence-electron chi connectivity index (χ1n) is 8.42. The van der Waals surface area contributed by atoms with Crippen molar-refractivity contribution in [2.24, 2.45) is 0 Å². The molecule has 1 heterocycles. The summed E-state index contributed by atoms with van der Waals surface area (Å²) >= 11 is 1.55. The first-order chi connectivity index (χ1) is 13.0. The van der Waals surface area contributed by atoms with Crippen molar-refractivity contribution in [3.63, 3.8) is 0 Å². The Bertz CT molecular complexity index is 759. The van der Waals surface area contributed by atoms with E-state index in [-0.39, 0.29) is 19.1 Å². The summed E-state index contributed by atoms with van der Waals surface area (Å²) in [5, 5.41) is 4.39. The van der Waals surface area contributed by atoms with Crippen LogP contribution in [-0.2, 0) is 20.9 Å². The lowest BCUT2D eigenvalue weighted by molar-refractivity contribution is -0.150. The molecule has 27 heavy (non-hydrogen) atoms. The van der Waals surface area contributed by atoms with Gasteiger partial charge in [0.2, 0.25) is 0 Å². The van der Waals surface area contributed by atoms with Crippen LogP contribution in [0.5, 0.6) is 5.75 Å². The van der Waals surface area contributed by atoms with Crippen LogP contribution >= 0.6 is 11.3 Å². The Kier molecular flexibility index (Phi) is 7.81. The van der Waals surface area contributed by atoms with E-state index in [0.717, 1.165) is 4.88 Å². The van der Waals surface area contributed by atoms with Crippen LogP contribution in [0.25, 0.3) is 0 Å². The van der Waals surface area contributed by atoms with Gasteiger partial charge >= 0.3 is 5.97 Å². The molecule has 0 bridgehead atoms. The topological polar surface area (TPSA) is 84.9 Å². The second kappa shape index (κ2) is 10.3. The van der Waals surface area contributed by atoms with Gasteiger partial charge in [-0.3, -0.25) is 14.4 Å². The van der Waals surface area contributed by atoms with Crippen LogP contribution in [0.1, 0.15) is 22.2 Å². The third-order valence-corrected chi connectivity index (χ3v) is 4.44. The minimum atomic E-state index is -0.674. The van der Waals surface area contributed by atoms with Gasteiger partial charge in [-0.15, -0.1) is 11.3 Å².